The van der Waals surface area contributed by atoms with Crippen molar-refractivity contribution in [2.75, 3.05) is 14.2 Å². The summed E-state index contributed by atoms with van der Waals surface area (Å²) in [6.45, 7) is 13.1. The van der Waals surface area contributed by atoms with Gasteiger partial charge in [-0.25, -0.2) is 4.98 Å². The number of hydrogen-bond donors (Lipinski definition) is 2. The summed E-state index contributed by atoms with van der Waals surface area (Å²) in [6, 6.07) is 14.8. The number of esters is 2. The van der Waals surface area contributed by atoms with Crippen molar-refractivity contribution < 1.29 is 19.1 Å². The minimum atomic E-state index is -0.541. The first kappa shape index (κ1) is 33.5. The maximum absolute atomic E-state index is 13.6. The van der Waals surface area contributed by atoms with Gasteiger partial charge in [-0.2, -0.15) is 0 Å². The van der Waals surface area contributed by atoms with Gasteiger partial charge in [0.2, 0.25) is 0 Å². The van der Waals surface area contributed by atoms with Gasteiger partial charge in [0.1, 0.15) is 0 Å². The van der Waals surface area contributed by atoms with Crippen LogP contribution >= 0.6 is 0 Å². The van der Waals surface area contributed by atoms with E-state index in [4.69, 9.17) is 19.4 Å². The van der Waals surface area contributed by atoms with Crippen LogP contribution in [0.25, 0.3) is 44.3 Å². The fraction of sp³-hybridized carbons (Fsp3) is 0.381. The zero-order valence-corrected chi connectivity index (χ0v) is 30.3. The highest BCUT2D eigenvalue weighted by Gasteiger charge is 2.43. The number of carbonyl (C=O) groups excluding carboxylic acids is 2. The minimum Gasteiger partial charge on any atom is -0.469 e. The monoisotopic (exact) mass is 670 g/mol. The van der Waals surface area contributed by atoms with Gasteiger partial charge >= 0.3 is 11.9 Å². The Morgan fingerprint density at radius 2 is 1.56 bits per heavy atom. The van der Waals surface area contributed by atoms with Gasteiger partial charge in [-0.3, -0.25) is 14.6 Å². The van der Waals surface area contributed by atoms with Gasteiger partial charge in [0, 0.05) is 45.9 Å². The zero-order valence-electron chi connectivity index (χ0n) is 30.3. The molecule has 3 aliphatic rings. The third-order valence-corrected chi connectivity index (χ3v) is 11.4. The Kier molecular flexibility index (Phi) is 8.75. The Labute approximate surface area is 293 Å². The molecule has 8 nitrogen and oxygen atoms in total. The second-order valence-corrected chi connectivity index (χ2v) is 13.8. The molecule has 50 heavy (non-hydrogen) atoms. The molecule has 8 heteroatoms. The Hall–Kier alpha value is -4.98. The summed E-state index contributed by atoms with van der Waals surface area (Å²) in [6.07, 6.45) is 2.99. The van der Waals surface area contributed by atoms with Gasteiger partial charge in [0.15, 0.2) is 0 Å². The van der Waals surface area contributed by atoms with Crippen LogP contribution in [0.1, 0.15) is 115 Å². The molecule has 3 aromatic heterocycles. The lowest BCUT2D eigenvalue weighted by molar-refractivity contribution is -0.142. The van der Waals surface area contributed by atoms with Crippen molar-refractivity contribution in [3.05, 3.63) is 93.1 Å². The molecule has 2 aliphatic heterocycles. The summed E-state index contributed by atoms with van der Waals surface area (Å²) >= 11 is 0. The summed E-state index contributed by atoms with van der Waals surface area (Å²) in [5.41, 5.74) is 17.6. The summed E-state index contributed by atoms with van der Waals surface area (Å²) in [7, 11) is 2.87. The van der Waals surface area contributed by atoms with Crippen LogP contribution in [0.15, 0.2) is 42.5 Å². The molecular formula is C42H46N4O4. The average Bonchev–Trinajstić information content (AvgIpc) is 3.89. The van der Waals surface area contributed by atoms with Crippen molar-refractivity contribution in [1.82, 2.24) is 19.9 Å². The number of nitrogens with one attached hydrogen (secondary N) is 2. The van der Waals surface area contributed by atoms with Crippen LogP contribution in [0.5, 0.6) is 0 Å². The van der Waals surface area contributed by atoms with Crippen LogP contribution in [-0.2, 0) is 31.9 Å². The van der Waals surface area contributed by atoms with Crippen molar-refractivity contribution in [3.63, 3.8) is 0 Å². The molecule has 258 valence electrons. The van der Waals surface area contributed by atoms with Crippen LogP contribution in [0.4, 0.5) is 0 Å². The molecule has 0 saturated carbocycles. The van der Waals surface area contributed by atoms with E-state index >= 15 is 0 Å². The molecule has 0 radical (unpaired) electrons. The Balaban J connectivity index is 1.72. The molecule has 1 aromatic carbocycles. The Bertz CT molecular complexity index is 2240. The number of benzene rings is 1. The quantitative estimate of drug-likeness (QED) is 0.190. The standard InChI is InChI=1S/C42H46N4O4/c1-9-26-21(3)31-19-34-27(10-2)23(5)38(45-34)36(25-14-12-11-13-15-25)39-24(6)28(16-17-35(47)49-7)40(46-39)37-30(42(48)50-8)18-29-22(4)32(44-41(29)37)20-33(26)43-31/h11-15,19-20,24,28,30,43,45H,9-10,16-18H2,1-8H3/t24-,28-,30-/m0/s1. The first-order chi connectivity index (χ1) is 24.1. The molecule has 0 spiro atoms. The van der Waals surface area contributed by atoms with E-state index in [1.807, 2.05) is 6.07 Å². The topological polar surface area (TPSA) is 110 Å². The highest BCUT2D eigenvalue weighted by Crippen LogP contribution is 2.53. The van der Waals surface area contributed by atoms with E-state index in [0.29, 0.717) is 12.8 Å². The Morgan fingerprint density at radius 1 is 0.860 bits per heavy atom. The fourth-order valence-electron chi connectivity index (χ4n) is 8.57. The SMILES string of the molecule is CCc1c(C)c2cc3[nH]c(c(C)c3CC)c(-c3ccccc3)c3nc(c4c5nc(cc1[nH]2)C(C)=C5C[C@@H]4C(=O)OC)[C@@H](CCC(=O)OC)[C@@H]3C. The van der Waals surface area contributed by atoms with Gasteiger partial charge in [-0.15, -0.1) is 0 Å². The first-order valence-corrected chi connectivity index (χ1v) is 17.8. The predicted octanol–water partition coefficient (Wildman–Crippen LogP) is 9.15. The number of allylic oxidation sites excluding steroid dienone is 2. The number of rotatable bonds is 7. The number of hydrogen-bond acceptors (Lipinski definition) is 6. The lowest BCUT2D eigenvalue weighted by atomic mass is 9.82. The van der Waals surface area contributed by atoms with E-state index in [1.54, 1.807) is 0 Å². The van der Waals surface area contributed by atoms with E-state index in [1.165, 1.54) is 36.5 Å². The van der Waals surface area contributed by atoms with Crippen LogP contribution in [0, 0.1) is 13.8 Å². The lowest BCUT2D eigenvalue weighted by Crippen LogP contribution is -2.15. The van der Waals surface area contributed by atoms with Gasteiger partial charge in [0.25, 0.3) is 0 Å². The van der Waals surface area contributed by atoms with Crippen molar-refractivity contribution >= 4 is 45.2 Å². The predicted molar refractivity (Wildman–Crippen MR) is 199 cm³/mol. The second kappa shape index (κ2) is 13.0. The number of carbonyl (C=O) groups is 2. The summed E-state index contributed by atoms with van der Waals surface area (Å²) in [4.78, 5) is 44.6. The first-order valence-electron chi connectivity index (χ1n) is 17.8. The number of aromatic nitrogens is 4. The van der Waals surface area contributed by atoms with E-state index < -0.39 is 5.92 Å². The van der Waals surface area contributed by atoms with Crippen LogP contribution in [-0.4, -0.2) is 46.1 Å². The number of ether oxygens (including phenoxy) is 2. The van der Waals surface area contributed by atoms with E-state index in [9.17, 15) is 9.59 Å². The molecule has 2 N–H and O–H groups in total. The van der Waals surface area contributed by atoms with Crippen molar-refractivity contribution in [1.29, 1.82) is 0 Å². The van der Waals surface area contributed by atoms with Crippen LogP contribution in [0.2, 0.25) is 0 Å². The van der Waals surface area contributed by atoms with Gasteiger partial charge in [0.05, 0.1) is 48.4 Å². The fourth-order valence-corrected chi connectivity index (χ4v) is 8.57. The van der Waals surface area contributed by atoms with E-state index in [2.05, 4.69) is 87.9 Å². The average molecular weight is 671 g/mol. The highest BCUT2D eigenvalue weighted by atomic mass is 16.5. The molecule has 0 amide bonds. The molecular weight excluding hydrogens is 624 g/mol. The number of aromatic amines is 2. The van der Waals surface area contributed by atoms with E-state index in [0.717, 1.165) is 85.5 Å². The maximum atomic E-state index is 13.6. The van der Waals surface area contributed by atoms with Crippen LogP contribution in [0.3, 0.4) is 0 Å². The molecule has 3 atom stereocenters. The number of nitrogens with zero attached hydrogens (tertiary/aromatic N) is 2. The molecule has 0 unspecified atom stereocenters. The third kappa shape index (κ3) is 5.27. The van der Waals surface area contributed by atoms with Gasteiger partial charge in [-0.1, -0.05) is 51.1 Å². The molecule has 8 bridgehead atoms. The van der Waals surface area contributed by atoms with Gasteiger partial charge < -0.3 is 19.4 Å². The van der Waals surface area contributed by atoms with Crippen molar-refractivity contribution in [2.45, 2.75) is 91.4 Å². The smallest absolute Gasteiger partial charge is 0.313 e. The zero-order chi connectivity index (χ0) is 35.4. The lowest BCUT2D eigenvalue weighted by Gasteiger charge is -2.19. The normalized spacial score (nSPS) is 18.1. The van der Waals surface area contributed by atoms with Crippen molar-refractivity contribution in [2.24, 2.45) is 0 Å². The second-order valence-electron chi connectivity index (χ2n) is 13.8. The third-order valence-electron chi connectivity index (χ3n) is 11.4. The summed E-state index contributed by atoms with van der Waals surface area (Å²) < 4.78 is 10.5. The number of H-pyrrole nitrogens is 2. The van der Waals surface area contributed by atoms with Crippen LogP contribution < -0.4 is 0 Å². The summed E-state index contributed by atoms with van der Waals surface area (Å²) in [5, 5.41) is 0. The largest absolute Gasteiger partial charge is 0.469 e. The molecule has 4 aromatic rings. The van der Waals surface area contributed by atoms with Crippen molar-refractivity contribution in [3.8, 4) is 11.1 Å². The summed E-state index contributed by atoms with van der Waals surface area (Å²) in [5.74, 6) is -1.33. The molecule has 1 aliphatic carbocycles. The van der Waals surface area contributed by atoms with Gasteiger partial charge in [-0.05, 0) is 97.6 Å². The number of aryl methyl sites for hydroxylation is 4. The number of methoxy groups -OCH3 is 2. The van der Waals surface area contributed by atoms with E-state index in [-0.39, 0.29) is 30.2 Å². The molecule has 5 heterocycles. The molecule has 0 fully saturated rings. The molecule has 7 rings (SSSR count). The molecule has 0 saturated heterocycles. The maximum Gasteiger partial charge on any atom is 0.313 e. The Morgan fingerprint density at radius 3 is 2.24 bits per heavy atom. The minimum absolute atomic E-state index is 0.0717. The number of fused-ring (bicyclic) bond motifs is 8. The highest BCUT2D eigenvalue weighted by molar-refractivity contribution is 6.00.